The Morgan fingerprint density at radius 2 is 1.46 bits per heavy atom. The molecule has 1 amide bonds. The Kier molecular flexibility index (Phi) is 4.08. The Labute approximate surface area is 140 Å². The molecular weight excluding hydrogens is 302 g/mol. The van der Waals surface area contributed by atoms with E-state index < -0.39 is 0 Å². The molecule has 0 spiro atoms. The molecular formula is C19H19N3O2. The molecule has 0 radical (unpaired) electrons. The van der Waals surface area contributed by atoms with Gasteiger partial charge in [0.25, 0.3) is 5.56 Å². The number of nitrogens with zero attached hydrogens (tertiary/aromatic N) is 2. The first-order valence-electron chi connectivity index (χ1n) is 7.73. The summed E-state index contributed by atoms with van der Waals surface area (Å²) in [6.07, 6.45) is 0. The molecule has 0 aliphatic rings. The Hall–Kier alpha value is -3.08. The maximum absolute atomic E-state index is 12.9. The molecule has 5 heteroatoms. The molecule has 3 aromatic rings. The zero-order chi connectivity index (χ0) is 17.3. The van der Waals surface area contributed by atoms with Crippen molar-refractivity contribution in [2.24, 2.45) is 0 Å². The lowest BCUT2D eigenvalue weighted by molar-refractivity contribution is -0.114. The van der Waals surface area contributed by atoms with Gasteiger partial charge >= 0.3 is 0 Å². The van der Waals surface area contributed by atoms with Crippen LogP contribution in [0.25, 0.3) is 11.4 Å². The van der Waals surface area contributed by atoms with Gasteiger partial charge in [0.1, 0.15) is 5.69 Å². The molecule has 0 fully saturated rings. The molecule has 2 aromatic carbocycles. The third kappa shape index (κ3) is 2.76. The van der Waals surface area contributed by atoms with Crippen LogP contribution in [0, 0.1) is 13.8 Å². The first-order chi connectivity index (χ1) is 11.5. The average molecular weight is 321 g/mol. The molecule has 5 nitrogen and oxygen atoms in total. The second-order valence-electron chi connectivity index (χ2n) is 5.74. The van der Waals surface area contributed by atoms with Crippen molar-refractivity contribution in [2.45, 2.75) is 20.8 Å². The molecule has 122 valence electrons. The van der Waals surface area contributed by atoms with Gasteiger partial charge in [-0.3, -0.25) is 9.59 Å². The fourth-order valence-corrected chi connectivity index (χ4v) is 2.72. The number of carbonyl (C=O) groups is 1. The number of carbonyl (C=O) groups excluding carboxylic acids is 1. The summed E-state index contributed by atoms with van der Waals surface area (Å²) in [7, 11) is 0. The van der Waals surface area contributed by atoms with Crippen molar-refractivity contribution in [3.05, 3.63) is 76.2 Å². The number of aryl methyl sites for hydroxylation is 1. The number of hydrogen-bond donors (Lipinski definition) is 1. The Morgan fingerprint density at radius 1 is 0.875 bits per heavy atom. The lowest BCUT2D eigenvalue weighted by atomic mass is 10.2. The number of hydrogen-bond acceptors (Lipinski definition) is 2. The lowest BCUT2D eigenvalue weighted by Gasteiger charge is -2.13. The van der Waals surface area contributed by atoms with Crippen LogP contribution < -0.4 is 10.9 Å². The summed E-state index contributed by atoms with van der Waals surface area (Å²) in [6, 6.07) is 17.3. The molecule has 24 heavy (non-hydrogen) atoms. The predicted octanol–water partition coefficient (Wildman–Crippen LogP) is 3.20. The highest BCUT2D eigenvalue weighted by Crippen LogP contribution is 2.20. The average Bonchev–Trinajstić information content (AvgIpc) is 2.81. The summed E-state index contributed by atoms with van der Waals surface area (Å²) < 4.78 is 3.40. The van der Waals surface area contributed by atoms with E-state index in [2.05, 4.69) is 5.32 Å². The van der Waals surface area contributed by atoms with E-state index in [1.807, 2.05) is 73.1 Å². The van der Waals surface area contributed by atoms with E-state index in [0.29, 0.717) is 11.4 Å². The van der Waals surface area contributed by atoms with Gasteiger partial charge in [-0.15, -0.1) is 0 Å². The zero-order valence-corrected chi connectivity index (χ0v) is 13.9. The fourth-order valence-electron chi connectivity index (χ4n) is 2.72. The van der Waals surface area contributed by atoms with E-state index >= 15 is 0 Å². The summed E-state index contributed by atoms with van der Waals surface area (Å²) >= 11 is 0. The van der Waals surface area contributed by atoms with E-state index in [1.54, 1.807) is 4.68 Å². The van der Waals surface area contributed by atoms with Gasteiger partial charge in [0, 0.05) is 6.92 Å². The maximum Gasteiger partial charge on any atom is 0.295 e. The number of rotatable bonds is 3. The van der Waals surface area contributed by atoms with Crippen molar-refractivity contribution in [2.75, 3.05) is 5.32 Å². The van der Waals surface area contributed by atoms with Crippen LogP contribution in [0.3, 0.4) is 0 Å². The van der Waals surface area contributed by atoms with E-state index in [4.69, 9.17) is 0 Å². The molecule has 1 heterocycles. The first kappa shape index (κ1) is 15.8. The van der Waals surface area contributed by atoms with Crippen molar-refractivity contribution in [3.63, 3.8) is 0 Å². The van der Waals surface area contributed by atoms with Crippen LogP contribution in [0.15, 0.2) is 59.4 Å². The minimum Gasteiger partial charge on any atom is -0.320 e. The highest BCUT2D eigenvalue weighted by atomic mass is 16.2. The quantitative estimate of drug-likeness (QED) is 0.805. The van der Waals surface area contributed by atoms with Gasteiger partial charge in [-0.25, -0.2) is 9.36 Å². The fraction of sp³-hybridized carbons (Fsp3) is 0.158. The maximum atomic E-state index is 12.9. The Morgan fingerprint density at radius 3 is 2.04 bits per heavy atom. The largest absolute Gasteiger partial charge is 0.320 e. The van der Waals surface area contributed by atoms with Crippen molar-refractivity contribution < 1.29 is 4.79 Å². The second-order valence-corrected chi connectivity index (χ2v) is 5.74. The van der Waals surface area contributed by atoms with Gasteiger partial charge in [0.05, 0.1) is 17.1 Å². The van der Waals surface area contributed by atoms with Gasteiger partial charge in [0.2, 0.25) is 5.91 Å². The molecule has 0 bridgehead atoms. The van der Waals surface area contributed by atoms with Crippen LogP contribution in [-0.2, 0) is 4.79 Å². The number of amides is 1. The van der Waals surface area contributed by atoms with Crippen LogP contribution in [0.5, 0.6) is 0 Å². The van der Waals surface area contributed by atoms with Crippen molar-refractivity contribution in [1.29, 1.82) is 0 Å². The van der Waals surface area contributed by atoms with Gasteiger partial charge in [-0.2, -0.15) is 0 Å². The highest BCUT2D eigenvalue weighted by molar-refractivity contribution is 5.89. The first-order valence-corrected chi connectivity index (χ1v) is 7.73. The molecule has 3 rings (SSSR count). The second kappa shape index (κ2) is 6.20. The number of benzene rings is 2. The standard InChI is InChI=1S/C19H19N3O2/c1-13-9-11-17(12-10-13)22-19(24)18(20-15(3)23)14(2)21(22)16-7-5-4-6-8-16/h4-12H,1-3H3,(H,20,23). The molecule has 0 atom stereocenters. The van der Waals surface area contributed by atoms with Crippen LogP contribution in [0.4, 0.5) is 5.69 Å². The molecule has 0 saturated carbocycles. The van der Waals surface area contributed by atoms with Crippen molar-refractivity contribution in [3.8, 4) is 11.4 Å². The third-order valence-corrected chi connectivity index (χ3v) is 3.87. The van der Waals surface area contributed by atoms with Gasteiger partial charge < -0.3 is 5.32 Å². The molecule has 0 saturated heterocycles. The van der Waals surface area contributed by atoms with Crippen LogP contribution >= 0.6 is 0 Å². The summed E-state index contributed by atoms with van der Waals surface area (Å²) in [5.74, 6) is -0.267. The molecule has 1 N–H and O–H groups in total. The van der Waals surface area contributed by atoms with E-state index in [1.165, 1.54) is 6.92 Å². The number of para-hydroxylation sites is 1. The third-order valence-electron chi connectivity index (χ3n) is 3.87. The minimum atomic E-state index is -0.267. The van der Waals surface area contributed by atoms with Crippen LogP contribution in [0.2, 0.25) is 0 Å². The normalized spacial score (nSPS) is 10.6. The smallest absolute Gasteiger partial charge is 0.295 e. The Bertz CT molecular complexity index is 935. The van der Waals surface area contributed by atoms with Crippen molar-refractivity contribution >= 4 is 11.6 Å². The van der Waals surface area contributed by atoms with E-state index in [-0.39, 0.29) is 11.5 Å². The molecule has 0 aliphatic heterocycles. The molecule has 0 aliphatic carbocycles. The van der Waals surface area contributed by atoms with Gasteiger partial charge in [0.15, 0.2) is 0 Å². The number of anilines is 1. The van der Waals surface area contributed by atoms with Crippen LogP contribution in [-0.4, -0.2) is 15.3 Å². The zero-order valence-electron chi connectivity index (χ0n) is 13.9. The summed E-state index contributed by atoms with van der Waals surface area (Å²) in [4.78, 5) is 24.4. The number of aromatic nitrogens is 2. The summed E-state index contributed by atoms with van der Waals surface area (Å²) in [6.45, 7) is 5.22. The van der Waals surface area contributed by atoms with Crippen LogP contribution in [0.1, 0.15) is 18.2 Å². The van der Waals surface area contributed by atoms with Crippen molar-refractivity contribution in [1.82, 2.24) is 9.36 Å². The Balaban J connectivity index is 2.32. The van der Waals surface area contributed by atoms with E-state index in [0.717, 1.165) is 16.9 Å². The molecule has 1 aromatic heterocycles. The molecule has 0 unspecified atom stereocenters. The summed E-state index contributed by atoms with van der Waals surface area (Å²) in [5, 5.41) is 2.66. The monoisotopic (exact) mass is 321 g/mol. The summed E-state index contributed by atoms with van der Waals surface area (Å²) in [5.41, 5.74) is 3.44. The predicted molar refractivity (Wildman–Crippen MR) is 95.1 cm³/mol. The SMILES string of the molecule is CC(=O)Nc1c(C)n(-c2ccccc2)n(-c2ccc(C)cc2)c1=O. The lowest BCUT2D eigenvalue weighted by Crippen LogP contribution is -2.22. The van der Waals surface area contributed by atoms with Gasteiger partial charge in [-0.1, -0.05) is 35.9 Å². The topological polar surface area (TPSA) is 56.0 Å². The highest BCUT2D eigenvalue weighted by Gasteiger charge is 2.20. The minimum absolute atomic E-state index is 0.254. The number of nitrogens with one attached hydrogen (secondary N) is 1. The van der Waals surface area contributed by atoms with E-state index in [9.17, 15) is 9.59 Å². The van der Waals surface area contributed by atoms with Gasteiger partial charge in [-0.05, 0) is 38.1 Å².